The van der Waals surface area contributed by atoms with Crippen molar-refractivity contribution < 1.29 is 15.6 Å². The fraction of sp³-hybridized carbons (Fsp3) is 0.404. The molecule has 0 aromatic heterocycles. The van der Waals surface area contributed by atoms with E-state index in [1.807, 2.05) is 0 Å². The van der Waals surface area contributed by atoms with Crippen LogP contribution in [0.3, 0.4) is 0 Å². The first kappa shape index (κ1) is 37.4. The van der Waals surface area contributed by atoms with E-state index in [2.05, 4.69) is 152 Å². The van der Waals surface area contributed by atoms with Gasteiger partial charge in [-0.05, 0) is 0 Å². The monoisotopic (exact) mass is 809 g/mol. The standard InChI is InChI=1S/C25H29.C20H21.C2H7Si.2ClH.Zr/c1-25(2,3)22-14-12-19(13-15-22)23-11-7-10-20-16-21(17-24(20)23)18-8-5-4-6-9-18;1-4-15-12-18-6-5-7-19(20(18)13-15)17-10-8-16(9-11-17)14(2)3;1-3-2;;;/h7,10-18H,4-6,8-9H2,1-3H3;5-14H,4H2,1-3H3;3H,1-2H3;2*1H;/q;;;;;+2/p-2. The number of halogens is 2. The first-order valence-corrected chi connectivity index (χ1v) is 36.0. The Morgan fingerprint density at radius 3 is 1.75 bits per heavy atom. The molecule has 0 amide bonds. The van der Waals surface area contributed by atoms with Crippen LogP contribution in [0, 0.1) is 5.92 Å². The number of rotatable bonds is 8. The first-order chi connectivity index (χ1) is 24.2. The third-order valence-electron chi connectivity index (χ3n) is 12.9. The third kappa shape index (κ3) is 6.41. The number of hydrogen-bond donors (Lipinski definition) is 0. The fourth-order valence-electron chi connectivity index (χ4n) is 9.79. The zero-order chi connectivity index (χ0) is 36.3. The van der Waals surface area contributed by atoms with Crippen LogP contribution in [0.2, 0.25) is 13.1 Å². The number of benzene rings is 4. The summed E-state index contributed by atoms with van der Waals surface area (Å²) in [6.45, 7) is 18.7. The van der Waals surface area contributed by atoms with Crippen molar-refractivity contribution in [3.8, 4) is 22.3 Å². The van der Waals surface area contributed by atoms with Crippen molar-refractivity contribution in [2.24, 2.45) is 5.92 Å². The summed E-state index contributed by atoms with van der Waals surface area (Å²) in [6, 6.07) is 32.6. The fourth-order valence-corrected chi connectivity index (χ4v) is 41.2. The normalized spacial score (nSPS) is 20.2. The van der Waals surface area contributed by atoms with Crippen LogP contribution in [0.5, 0.6) is 0 Å². The Bertz CT molecular complexity index is 1990. The van der Waals surface area contributed by atoms with E-state index in [1.165, 1.54) is 93.3 Å². The Morgan fingerprint density at radius 1 is 0.706 bits per heavy atom. The molecule has 0 nitrogen and oxygen atoms in total. The van der Waals surface area contributed by atoms with Gasteiger partial charge in [0.2, 0.25) is 0 Å². The van der Waals surface area contributed by atoms with Crippen molar-refractivity contribution in [3.63, 3.8) is 0 Å². The first-order valence-electron chi connectivity index (χ1n) is 19.7. The van der Waals surface area contributed by atoms with E-state index >= 15 is 0 Å². The van der Waals surface area contributed by atoms with Gasteiger partial charge in [-0.25, -0.2) is 0 Å². The van der Waals surface area contributed by atoms with Crippen molar-refractivity contribution in [1.82, 2.24) is 0 Å². The molecule has 267 valence electrons. The van der Waals surface area contributed by atoms with Gasteiger partial charge in [0.1, 0.15) is 0 Å². The summed E-state index contributed by atoms with van der Waals surface area (Å²) < 4.78 is 0.252. The van der Waals surface area contributed by atoms with Gasteiger partial charge >= 0.3 is 320 Å². The molecule has 0 N–H and O–H groups in total. The molecule has 0 aliphatic heterocycles. The van der Waals surface area contributed by atoms with Crippen LogP contribution < -0.4 is 0 Å². The minimum absolute atomic E-state index is 0.119. The van der Waals surface area contributed by atoms with E-state index in [9.17, 15) is 0 Å². The molecule has 7 rings (SSSR count). The van der Waals surface area contributed by atoms with Crippen molar-refractivity contribution >= 4 is 35.1 Å². The molecule has 1 saturated carbocycles. The summed E-state index contributed by atoms with van der Waals surface area (Å²) in [7, 11) is 17.7. The summed E-state index contributed by atoms with van der Waals surface area (Å²) >= 11 is -4.89. The Balaban J connectivity index is 1.42. The van der Waals surface area contributed by atoms with Gasteiger partial charge in [-0.2, -0.15) is 0 Å². The maximum atomic E-state index is 8.86. The second kappa shape index (κ2) is 14.0. The van der Waals surface area contributed by atoms with E-state index < -0.39 is 21.5 Å². The second-order valence-electron chi connectivity index (χ2n) is 17.5. The second-order valence-corrected chi connectivity index (χ2v) is 60.0. The van der Waals surface area contributed by atoms with Crippen LogP contribution in [0.1, 0.15) is 127 Å². The van der Waals surface area contributed by atoms with Crippen molar-refractivity contribution in [2.45, 2.75) is 112 Å². The average molecular weight is 812 g/mol. The van der Waals surface area contributed by atoms with E-state index in [0.29, 0.717) is 11.8 Å². The summed E-state index contributed by atoms with van der Waals surface area (Å²) in [5, 5.41) is 0. The SMILES string of the molecule is CCC1=Cc2c(-c3ccc(C(C)C)cc3)cccc2[CH]1[Zr]([Cl])([Cl])([CH]1C(C2CCCCC2)=Cc2c(-c3ccc(C(C)(C)C)cc3)cccc21)[SiH](C)C. The van der Waals surface area contributed by atoms with Gasteiger partial charge in [0.25, 0.3) is 0 Å². The van der Waals surface area contributed by atoms with E-state index in [-0.39, 0.29) is 12.7 Å². The molecule has 0 bridgehead atoms. The topological polar surface area (TPSA) is 0 Å². The maximum absolute atomic E-state index is 8.86. The molecular weight excluding hydrogens is 755 g/mol. The van der Waals surface area contributed by atoms with Crippen molar-refractivity contribution in [2.75, 3.05) is 0 Å². The van der Waals surface area contributed by atoms with Gasteiger partial charge < -0.3 is 0 Å². The van der Waals surface area contributed by atoms with E-state index in [4.69, 9.17) is 17.0 Å². The van der Waals surface area contributed by atoms with Gasteiger partial charge in [-0.3, -0.25) is 0 Å². The number of fused-ring (bicyclic) bond motifs is 2. The van der Waals surface area contributed by atoms with Crippen LogP contribution >= 0.6 is 17.0 Å². The Hall–Kier alpha value is -1.96. The predicted octanol–water partition coefficient (Wildman–Crippen LogP) is 15.0. The van der Waals surface area contributed by atoms with Crippen molar-refractivity contribution in [1.29, 1.82) is 0 Å². The molecule has 0 heterocycles. The third-order valence-corrected chi connectivity index (χ3v) is 64.6. The molecule has 2 unspecified atom stereocenters. The van der Waals surface area contributed by atoms with Crippen LogP contribution in [0.4, 0.5) is 0 Å². The number of hydrogen-bond acceptors (Lipinski definition) is 0. The molecule has 4 heteroatoms. The predicted molar refractivity (Wildman–Crippen MR) is 225 cm³/mol. The molecule has 0 saturated heterocycles. The van der Waals surface area contributed by atoms with E-state index in [0.717, 1.165) is 6.42 Å². The Labute approximate surface area is 317 Å². The molecular formula is C47H57Cl2SiZr. The molecule has 2 atom stereocenters. The summed E-state index contributed by atoms with van der Waals surface area (Å²) in [5.41, 5.74) is 16.6. The molecule has 4 aromatic rings. The zero-order valence-electron chi connectivity index (χ0n) is 32.1. The molecule has 0 radical (unpaired) electrons. The molecule has 3 aliphatic rings. The van der Waals surface area contributed by atoms with Gasteiger partial charge in [0.05, 0.1) is 0 Å². The Kier molecular flexibility index (Phi) is 10.3. The molecule has 51 heavy (non-hydrogen) atoms. The quantitative estimate of drug-likeness (QED) is 0.156. The Morgan fingerprint density at radius 2 is 1.24 bits per heavy atom. The zero-order valence-corrected chi connectivity index (χ0v) is 37.2. The van der Waals surface area contributed by atoms with Gasteiger partial charge in [0.15, 0.2) is 0 Å². The van der Waals surface area contributed by atoms with Crippen molar-refractivity contribution in [3.05, 3.63) is 129 Å². The molecule has 0 spiro atoms. The molecule has 1 fully saturated rings. The van der Waals surface area contributed by atoms with Gasteiger partial charge in [-0.15, -0.1) is 0 Å². The molecule has 3 aliphatic carbocycles. The molecule has 4 aromatic carbocycles. The minimum atomic E-state index is -4.89. The summed E-state index contributed by atoms with van der Waals surface area (Å²) in [4.78, 5) is 0. The number of allylic oxidation sites excluding steroid dienone is 2. The van der Waals surface area contributed by atoms with Crippen LogP contribution in [0.15, 0.2) is 96.1 Å². The van der Waals surface area contributed by atoms with Crippen LogP contribution in [-0.2, 0) is 21.0 Å². The average Bonchev–Trinajstić information content (AvgIpc) is 3.72. The summed E-state index contributed by atoms with van der Waals surface area (Å²) in [6.07, 6.45) is 12.5. The van der Waals surface area contributed by atoms with E-state index in [1.54, 1.807) is 5.57 Å². The van der Waals surface area contributed by atoms with Crippen LogP contribution in [0.25, 0.3) is 34.4 Å². The van der Waals surface area contributed by atoms with Crippen LogP contribution in [-0.4, -0.2) is 5.92 Å². The van der Waals surface area contributed by atoms with Gasteiger partial charge in [0, 0.05) is 0 Å². The van der Waals surface area contributed by atoms with Gasteiger partial charge in [-0.1, -0.05) is 0 Å². The summed E-state index contributed by atoms with van der Waals surface area (Å²) in [5.74, 6) is -0.589.